The van der Waals surface area contributed by atoms with Gasteiger partial charge >= 0.3 is 0 Å². The summed E-state index contributed by atoms with van der Waals surface area (Å²) < 4.78 is 6.80. The summed E-state index contributed by atoms with van der Waals surface area (Å²) in [6.07, 6.45) is 0. The number of hydrogen-bond donors (Lipinski definition) is 0. The van der Waals surface area contributed by atoms with Crippen molar-refractivity contribution in [3.05, 3.63) is 255 Å². The minimum Gasteiger partial charge on any atom is -0.457 e. The van der Waals surface area contributed by atoms with Crippen LogP contribution < -0.4 is 15.3 Å². The van der Waals surface area contributed by atoms with Crippen LogP contribution >= 0.6 is 8.58 Å². The molecule has 0 aliphatic heterocycles. The van der Waals surface area contributed by atoms with Gasteiger partial charge in [-0.2, -0.15) is 0 Å². The van der Waals surface area contributed by atoms with Crippen LogP contribution in [0.1, 0.15) is 0 Å². The molecule has 0 atom stereocenters. The zero-order valence-electron chi connectivity index (χ0n) is 38.1. The van der Waals surface area contributed by atoms with Crippen molar-refractivity contribution in [3.8, 4) is 33.8 Å². The molecule has 0 fully saturated rings. The van der Waals surface area contributed by atoms with Gasteiger partial charge in [0, 0.05) is 54.2 Å². The summed E-state index contributed by atoms with van der Waals surface area (Å²) in [6, 6.07) is 90.0. The Morgan fingerprint density at radius 1 is 0.257 bits per heavy atom. The molecule has 0 unspecified atom stereocenters. The molecule has 0 N–H and O–H groups in total. The van der Waals surface area contributed by atoms with Crippen molar-refractivity contribution in [1.82, 2.24) is 9.97 Å². The van der Waals surface area contributed by atoms with E-state index >= 15 is 0 Å². The largest absolute Gasteiger partial charge is 0.457 e. The van der Waals surface area contributed by atoms with Gasteiger partial charge in [-0.05, 0) is 67.5 Å². The molecular formula is C66H43N2OP. The normalized spacial score (nSPS) is 11.5. The molecule has 0 aliphatic rings. The molecule has 0 saturated carbocycles. The second-order valence-corrected chi connectivity index (χ2v) is 19.1. The first-order valence-corrected chi connectivity index (χ1v) is 24.7. The second kappa shape index (κ2) is 17.7. The van der Waals surface area contributed by atoms with Gasteiger partial charge < -0.3 is 4.74 Å². The third-order valence-corrected chi connectivity index (χ3v) is 14.7. The smallest absolute Gasteiger partial charge is 0.128 e. The average molecular weight is 911 g/mol. The summed E-state index contributed by atoms with van der Waals surface area (Å²) in [5.74, 6) is 1.54. The van der Waals surface area contributed by atoms with Crippen LogP contribution in [0.15, 0.2) is 255 Å². The number of fused-ring (bicyclic) bond motifs is 12. The fraction of sp³-hybridized carbons (Fsp3) is 0. The lowest BCUT2D eigenvalue weighted by Gasteiger charge is -2.16. The fourth-order valence-electron chi connectivity index (χ4n) is 10.2. The predicted octanol–water partition coefficient (Wildman–Crippen LogP) is 17.1. The lowest BCUT2D eigenvalue weighted by molar-refractivity contribution is 0.483. The van der Waals surface area contributed by atoms with Gasteiger partial charge in [0.1, 0.15) is 11.5 Å². The predicted molar refractivity (Wildman–Crippen MR) is 300 cm³/mol. The van der Waals surface area contributed by atoms with Crippen LogP contribution in [0.5, 0.6) is 11.5 Å². The standard InChI is InChI=1S/C54H32N2O.C12H11P/c1-5-19-41-33(11-1)23-27-45-49(46-28-24-34-12-2-6-20-42(34)52(46)55-51(41)45)37-15-9-17-39(31-37)57-40-18-10-16-38(32-40)50-47-29-25-35-13-3-7-21-43(35)53(47)56-54-44-22-8-4-14-36(44)26-30-48(50)54;1-3-7-11(8-4-1)13-12-9-5-2-6-10-12/h1-32H;1-10,13H. The zero-order chi connectivity index (χ0) is 46.4. The number of aromatic nitrogens is 2. The molecule has 14 aromatic rings. The van der Waals surface area contributed by atoms with Gasteiger partial charge in [0.25, 0.3) is 0 Å². The fourth-order valence-corrected chi connectivity index (χ4v) is 11.3. The first-order chi connectivity index (χ1) is 34.7. The van der Waals surface area contributed by atoms with E-state index in [1.165, 1.54) is 32.2 Å². The van der Waals surface area contributed by atoms with Crippen LogP contribution in [0.2, 0.25) is 0 Å². The van der Waals surface area contributed by atoms with Crippen LogP contribution in [-0.4, -0.2) is 9.97 Å². The van der Waals surface area contributed by atoms with Crippen LogP contribution in [0, 0.1) is 0 Å². The number of benzene rings is 12. The lowest BCUT2D eigenvalue weighted by atomic mass is 9.92. The Labute approximate surface area is 407 Å². The number of pyridine rings is 2. The maximum absolute atomic E-state index is 6.80. The average Bonchev–Trinajstić information content (AvgIpc) is 3.42. The molecule has 12 aromatic carbocycles. The van der Waals surface area contributed by atoms with E-state index in [-0.39, 0.29) is 0 Å². The number of rotatable bonds is 6. The highest BCUT2D eigenvalue weighted by molar-refractivity contribution is 7.55. The van der Waals surface area contributed by atoms with Gasteiger partial charge in [0.2, 0.25) is 0 Å². The molecule has 0 bridgehead atoms. The van der Waals surface area contributed by atoms with Crippen LogP contribution in [0.25, 0.3) is 109 Å². The summed E-state index contributed by atoms with van der Waals surface area (Å²) in [7, 11) is 0.777. The molecule has 0 radical (unpaired) electrons. The molecule has 0 aliphatic carbocycles. The Balaban J connectivity index is 0.000000321. The van der Waals surface area contributed by atoms with E-state index in [0.29, 0.717) is 0 Å². The Hall–Kier alpha value is -8.75. The van der Waals surface area contributed by atoms with Crippen molar-refractivity contribution < 1.29 is 4.74 Å². The third kappa shape index (κ3) is 7.54. The number of ether oxygens (including phenoxy) is 1. The van der Waals surface area contributed by atoms with E-state index in [1.807, 2.05) is 12.1 Å². The van der Waals surface area contributed by atoms with Gasteiger partial charge in [0.15, 0.2) is 0 Å². The summed E-state index contributed by atoms with van der Waals surface area (Å²) in [4.78, 5) is 10.8. The van der Waals surface area contributed by atoms with E-state index in [2.05, 4.69) is 243 Å². The number of nitrogens with zero attached hydrogens (tertiary/aromatic N) is 2. The molecule has 0 amide bonds. The maximum Gasteiger partial charge on any atom is 0.128 e. The molecule has 0 saturated heterocycles. The lowest BCUT2D eigenvalue weighted by Crippen LogP contribution is -2.01. The van der Waals surface area contributed by atoms with Gasteiger partial charge in [-0.3, -0.25) is 0 Å². The monoisotopic (exact) mass is 910 g/mol. The van der Waals surface area contributed by atoms with Gasteiger partial charge in [0.05, 0.1) is 22.1 Å². The maximum atomic E-state index is 6.80. The van der Waals surface area contributed by atoms with E-state index in [0.717, 1.165) is 107 Å². The van der Waals surface area contributed by atoms with Crippen molar-refractivity contribution in [2.24, 2.45) is 0 Å². The highest BCUT2D eigenvalue weighted by Crippen LogP contribution is 2.43. The molecule has 0 spiro atoms. The van der Waals surface area contributed by atoms with Crippen molar-refractivity contribution >= 4 is 106 Å². The molecule has 70 heavy (non-hydrogen) atoms. The summed E-state index contributed by atoms with van der Waals surface area (Å²) >= 11 is 0. The molecule has 3 nitrogen and oxygen atoms in total. The summed E-state index contributed by atoms with van der Waals surface area (Å²) in [5.41, 5.74) is 8.48. The van der Waals surface area contributed by atoms with E-state index in [9.17, 15) is 0 Å². The van der Waals surface area contributed by atoms with Crippen molar-refractivity contribution in [2.75, 3.05) is 0 Å². The Morgan fingerprint density at radius 3 is 0.914 bits per heavy atom. The minimum atomic E-state index is 0.769. The third-order valence-electron chi connectivity index (χ3n) is 13.4. The summed E-state index contributed by atoms with van der Waals surface area (Å²) in [5, 5.41) is 16.6. The first-order valence-electron chi connectivity index (χ1n) is 23.7. The molecule has 4 heteroatoms. The van der Waals surface area contributed by atoms with Crippen LogP contribution in [0.4, 0.5) is 0 Å². The Morgan fingerprint density at radius 2 is 0.571 bits per heavy atom. The molecular weight excluding hydrogens is 868 g/mol. The first kappa shape index (κ1) is 41.4. The SMILES string of the molecule is c1cc(Oc2cccc(-c3c4ccc5ccccc5c4nc4c3ccc3ccccc34)c2)cc(-c2c3ccc4ccccc4c3nc3c2ccc2ccccc23)c1.c1ccc(Pc2ccccc2)cc1. The molecule has 2 aromatic heterocycles. The molecule has 328 valence electrons. The quantitative estimate of drug-likeness (QED) is 0.0947. The number of hydrogen-bond acceptors (Lipinski definition) is 3. The van der Waals surface area contributed by atoms with Gasteiger partial charge in [-0.15, -0.1) is 0 Å². The van der Waals surface area contributed by atoms with Crippen LogP contribution in [-0.2, 0) is 0 Å². The topological polar surface area (TPSA) is 35.0 Å². The molecule has 2 heterocycles. The van der Waals surface area contributed by atoms with Crippen molar-refractivity contribution in [1.29, 1.82) is 0 Å². The molecule has 14 rings (SSSR count). The Kier molecular flexibility index (Phi) is 10.5. The second-order valence-electron chi connectivity index (χ2n) is 17.7. The highest BCUT2D eigenvalue weighted by atomic mass is 31.1. The van der Waals surface area contributed by atoms with Crippen molar-refractivity contribution in [3.63, 3.8) is 0 Å². The zero-order valence-corrected chi connectivity index (χ0v) is 39.1. The van der Waals surface area contributed by atoms with E-state index in [4.69, 9.17) is 14.7 Å². The minimum absolute atomic E-state index is 0.769. The van der Waals surface area contributed by atoms with E-state index < -0.39 is 0 Å². The van der Waals surface area contributed by atoms with Crippen LogP contribution in [0.3, 0.4) is 0 Å². The van der Waals surface area contributed by atoms with Gasteiger partial charge in [-0.25, -0.2) is 9.97 Å². The highest BCUT2D eigenvalue weighted by Gasteiger charge is 2.18. The summed E-state index contributed by atoms with van der Waals surface area (Å²) in [6.45, 7) is 0. The Bertz CT molecular complexity index is 3840. The van der Waals surface area contributed by atoms with Crippen molar-refractivity contribution in [2.45, 2.75) is 0 Å². The van der Waals surface area contributed by atoms with Gasteiger partial charge in [-0.1, -0.05) is 239 Å². The van der Waals surface area contributed by atoms with E-state index in [1.54, 1.807) is 0 Å².